The van der Waals surface area contributed by atoms with Crippen molar-refractivity contribution in [2.24, 2.45) is 5.92 Å². The number of methoxy groups -OCH3 is 1. The van der Waals surface area contributed by atoms with Crippen LogP contribution in [0, 0.1) is 5.92 Å². The van der Waals surface area contributed by atoms with Crippen molar-refractivity contribution in [1.82, 2.24) is 0 Å². The van der Waals surface area contributed by atoms with Gasteiger partial charge in [-0.1, -0.05) is 42.0 Å². The molecule has 1 aliphatic carbocycles. The summed E-state index contributed by atoms with van der Waals surface area (Å²) in [6.07, 6.45) is 5.50. The van der Waals surface area contributed by atoms with Crippen LogP contribution in [0.1, 0.15) is 52.0 Å². The Kier molecular flexibility index (Phi) is 6.06. The third-order valence-electron chi connectivity index (χ3n) is 6.98. The molecule has 1 spiro atoms. The molecule has 0 aromatic heterocycles. The fraction of sp³-hybridized carbons (Fsp3) is 0.640. The third kappa shape index (κ3) is 4.34. The van der Waals surface area contributed by atoms with E-state index in [1.807, 2.05) is 30.3 Å². The molecule has 0 amide bonds. The van der Waals surface area contributed by atoms with Gasteiger partial charge in [-0.3, -0.25) is 4.79 Å². The molecule has 0 unspecified atom stereocenters. The van der Waals surface area contributed by atoms with Gasteiger partial charge in [0, 0.05) is 13.5 Å². The minimum Gasteiger partial charge on any atom is -0.460 e. The first-order valence-corrected chi connectivity index (χ1v) is 11.1. The van der Waals surface area contributed by atoms with Crippen molar-refractivity contribution in [3.8, 4) is 0 Å². The topological polar surface area (TPSA) is 60.6 Å². The van der Waals surface area contributed by atoms with Gasteiger partial charge < -0.3 is 18.9 Å². The summed E-state index contributed by atoms with van der Waals surface area (Å²) in [6, 6.07) is 10.0. The van der Waals surface area contributed by atoms with Gasteiger partial charge in [0.25, 0.3) is 0 Å². The molecule has 0 bridgehead atoms. The summed E-state index contributed by atoms with van der Waals surface area (Å²) in [4.78, 5) is 12.6. The van der Waals surface area contributed by atoms with Crippen LogP contribution in [0.15, 0.2) is 42.0 Å². The molecule has 164 valence electrons. The molecule has 30 heavy (non-hydrogen) atoms. The van der Waals surface area contributed by atoms with Crippen LogP contribution >= 0.6 is 0 Å². The quantitative estimate of drug-likeness (QED) is 0.362. The predicted molar refractivity (Wildman–Crippen MR) is 114 cm³/mol. The van der Waals surface area contributed by atoms with Gasteiger partial charge in [-0.15, -0.1) is 0 Å². The largest absolute Gasteiger partial charge is 0.460 e. The highest BCUT2D eigenvalue weighted by molar-refractivity contribution is 5.70. The van der Waals surface area contributed by atoms with Crippen LogP contribution in [-0.4, -0.2) is 49.2 Å². The molecule has 1 aromatic rings. The van der Waals surface area contributed by atoms with E-state index in [1.54, 1.807) is 7.11 Å². The summed E-state index contributed by atoms with van der Waals surface area (Å²) in [7, 11) is 1.71. The number of allylic oxidation sites excluding steroid dienone is 1. The first-order chi connectivity index (χ1) is 14.4. The summed E-state index contributed by atoms with van der Waals surface area (Å²) in [5, 5.41) is 0. The molecule has 2 heterocycles. The van der Waals surface area contributed by atoms with Crippen molar-refractivity contribution >= 4 is 5.97 Å². The van der Waals surface area contributed by atoms with Crippen molar-refractivity contribution in [2.75, 3.05) is 13.7 Å². The van der Waals surface area contributed by atoms with E-state index in [-0.39, 0.29) is 41.4 Å². The predicted octanol–water partition coefficient (Wildman–Crippen LogP) is 4.24. The van der Waals surface area contributed by atoms with E-state index in [1.165, 1.54) is 5.57 Å². The molecule has 5 heteroatoms. The number of benzene rings is 1. The fourth-order valence-corrected chi connectivity index (χ4v) is 5.19. The lowest BCUT2D eigenvalue weighted by Crippen LogP contribution is -2.55. The van der Waals surface area contributed by atoms with Gasteiger partial charge in [0.05, 0.1) is 18.6 Å². The van der Waals surface area contributed by atoms with Gasteiger partial charge in [0.15, 0.2) is 0 Å². The van der Waals surface area contributed by atoms with Crippen molar-refractivity contribution in [2.45, 2.75) is 82.4 Å². The first-order valence-electron chi connectivity index (χ1n) is 11.1. The van der Waals surface area contributed by atoms with Crippen LogP contribution in [0.4, 0.5) is 0 Å². The van der Waals surface area contributed by atoms with E-state index in [9.17, 15) is 4.79 Å². The van der Waals surface area contributed by atoms with Gasteiger partial charge >= 0.3 is 5.97 Å². The second-order valence-electron chi connectivity index (χ2n) is 9.39. The summed E-state index contributed by atoms with van der Waals surface area (Å²) in [6.45, 7) is 7.11. The van der Waals surface area contributed by atoms with Crippen LogP contribution in [0.2, 0.25) is 0 Å². The van der Waals surface area contributed by atoms with E-state index in [0.29, 0.717) is 12.8 Å². The van der Waals surface area contributed by atoms with E-state index < -0.39 is 0 Å². The van der Waals surface area contributed by atoms with Crippen LogP contribution in [0.3, 0.4) is 0 Å². The molecule has 2 saturated heterocycles. The zero-order chi connectivity index (χ0) is 21.4. The maximum absolute atomic E-state index is 12.6. The van der Waals surface area contributed by atoms with Gasteiger partial charge in [0.1, 0.15) is 23.4 Å². The van der Waals surface area contributed by atoms with Crippen LogP contribution in [0.5, 0.6) is 0 Å². The lowest BCUT2D eigenvalue weighted by atomic mass is 9.68. The lowest BCUT2D eigenvalue weighted by molar-refractivity contribution is -0.171. The fourth-order valence-electron chi connectivity index (χ4n) is 5.19. The number of epoxide rings is 2. The lowest BCUT2D eigenvalue weighted by Gasteiger charge is -2.42. The Balaban J connectivity index is 1.41. The molecule has 4 rings (SSSR count). The van der Waals surface area contributed by atoms with Crippen LogP contribution in [0.25, 0.3) is 0 Å². The Bertz CT molecular complexity index is 780. The van der Waals surface area contributed by atoms with E-state index in [4.69, 9.17) is 18.9 Å². The maximum atomic E-state index is 12.6. The monoisotopic (exact) mass is 414 g/mol. The average molecular weight is 415 g/mol. The number of hydrogen-bond donors (Lipinski definition) is 0. The second-order valence-corrected chi connectivity index (χ2v) is 9.39. The minimum atomic E-state index is -0.307. The molecule has 2 aliphatic heterocycles. The highest BCUT2D eigenvalue weighted by Crippen LogP contribution is 2.59. The number of aryl methyl sites for hydroxylation is 1. The van der Waals surface area contributed by atoms with Gasteiger partial charge in [-0.05, 0) is 52.0 Å². The Morgan fingerprint density at radius 1 is 1.27 bits per heavy atom. The number of ether oxygens (including phenoxy) is 4. The van der Waals surface area contributed by atoms with Crippen LogP contribution in [-0.2, 0) is 30.2 Å². The molecule has 1 saturated carbocycles. The van der Waals surface area contributed by atoms with E-state index >= 15 is 0 Å². The number of hydrogen-bond acceptors (Lipinski definition) is 5. The molecule has 1 aromatic carbocycles. The van der Waals surface area contributed by atoms with Crippen molar-refractivity contribution in [3.05, 3.63) is 47.5 Å². The minimum absolute atomic E-state index is 0.0613. The first kappa shape index (κ1) is 21.5. The number of rotatable bonds is 8. The second kappa shape index (κ2) is 8.45. The van der Waals surface area contributed by atoms with Crippen molar-refractivity contribution in [3.63, 3.8) is 0 Å². The summed E-state index contributed by atoms with van der Waals surface area (Å²) in [5.41, 5.74) is 1.94. The standard InChI is InChI=1S/C25H34O5/c1-17(2)10-12-20-24(3,30-20)23-22(27-4)19(14-15-25(23)16-28-25)29-21(26)13-11-18-8-6-5-7-9-18/h5-10,19-20,22-23H,11-16H2,1-4H3/t19-,20-,22-,23-,24-,25+/m1/s1. The average Bonchev–Trinajstić information content (AvgIpc) is 3.64. The molecular weight excluding hydrogens is 380 g/mol. The Morgan fingerprint density at radius 2 is 2.00 bits per heavy atom. The maximum Gasteiger partial charge on any atom is 0.306 e. The summed E-state index contributed by atoms with van der Waals surface area (Å²) >= 11 is 0. The van der Waals surface area contributed by atoms with Crippen molar-refractivity contribution in [1.29, 1.82) is 0 Å². The molecular formula is C25H34O5. The Morgan fingerprint density at radius 3 is 2.63 bits per heavy atom. The summed E-state index contributed by atoms with van der Waals surface area (Å²) in [5.74, 6) is -0.105. The molecule has 5 nitrogen and oxygen atoms in total. The van der Waals surface area contributed by atoms with E-state index in [2.05, 4.69) is 26.8 Å². The number of esters is 1. The molecule has 3 aliphatic rings. The third-order valence-corrected chi connectivity index (χ3v) is 6.98. The SMILES string of the molecule is CO[C@@H]1[C@H](OC(=O)CCc2ccccc2)CC[C@]2(CO2)[C@H]1[C@]1(C)O[C@@H]1CC=C(C)C. The van der Waals surface area contributed by atoms with Crippen LogP contribution < -0.4 is 0 Å². The Hall–Kier alpha value is -1.69. The van der Waals surface area contributed by atoms with Gasteiger partial charge in [0.2, 0.25) is 0 Å². The molecule has 0 radical (unpaired) electrons. The highest BCUT2D eigenvalue weighted by atomic mass is 16.6. The summed E-state index contributed by atoms with van der Waals surface area (Å²) < 4.78 is 24.1. The van der Waals surface area contributed by atoms with Gasteiger partial charge in [-0.25, -0.2) is 0 Å². The number of carbonyl (C=O) groups excluding carboxylic acids is 1. The Labute approximate surface area is 179 Å². The molecule has 3 fully saturated rings. The smallest absolute Gasteiger partial charge is 0.306 e. The zero-order valence-corrected chi connectivity index (χ0v) is 18.6. The molecule has 0 N–H and O–H groups in total. The van der Waals surface area contributed by atoms with E-state index in [0.717, 1.165) is 31.4 Å². The highest BCUT2D eigenvalue weighted by Gasteiger charge is 2.72. The molecule has 6 atom stereocenters. The van der Waals surface area contributed by atoms with Crippen molar-refractivity contribution < 1.29 is 23.7 Å². The van der Waals surface area contributed by atoms with Gasteiger partial charge in [-0.2, -0.15) is 0 Å². The zero-order valence-electron chi connectivity index (χ0n) is 18.6. The normalized spacial score (nSPS) is 36.9. The number of carbonyl (C=O) groups is 1.